The number of hydrogen-bond donors (Lipinski definition) is 1. The largest absolute Gasteiger partial charge is 0.466 e. The van der Waals surface area contributed by atoms with E-state index in [4.69, 9.17) is 4.74 Å². The van der Waals surface area contributed by atoms with E-state index >= 15 is 0 Å². The molecule has 1 aromatic rings. The Balaban J connectivity index is 1.98. The van der Waals surface area contributed by atoms with E-state index < -0.39 is 11.9 Å². The average molecular weight is 336 g/mol. The molecule has 0 radical (unpaired) electrons. The molecule has 6 heteroatoms. The molecule has 1 fully saturated rings. The molecule has 132 valence electrons. The van der Waals surface area contributed by atoms with E-state index in [1.165, 1.54) is 6.07 Å². The molecular formula is C18H25FN2O3. The molecule has 0 spiro atoms. The van der Waals surface area contributed by atoms with Crippen molar-refractivity contribution in [1.82, 2.24) is 4.90 Å². The van der Waals surface area contributed by atoms with Crippen LogP contribution in [0.15, 0.2) is 18.2 Å². The van der Waals surface area contributed by atoms with Crippen molar-refractivity contribution in [3.8, 4) is 0 Å². The zero-order chi connectivity index (χ0) is 17.7. The lowest BCUT2D eigenvalue weighted by Gasteiger charge is -2.35. The number of nitrogens with one attached hydrogen (secondary N) is 1. The van der Waals surface area contributed by atoms with E-state index in [2.05, 4.69) is 5.32 Å². The number of rotatable bonds is 5. The van der Waals surface area contributed by atoms with Gasteiger partial charge in [0.1, 0.15) is 5.82 Å². The normalized spacial score (nSPS) is 19.6. The number of piperidine rings is 1. The highest BCUT2D eigenvalue weighted by atomic mass is 19.1. The van der Waals surface area contributed by atoms with Gasteiger partial charge in [-0.2, -0.15) is 0 Å². The Bertz CT molecular complexity index is 606. The number of amides is 1. The fraction of sp³-hybridized carbons (Fsp3) is 0.556. The summed E-state index contributed by atoms with van der Waals surface area (Å²) in [5.74, 6) is -1.13. The van der Waals surface area contributed by atoms with Gasteiger partial charge in [0.25, 0.3) is 0 Å². The van der Waals surface area contributed by atoms with Crippen LogP contribution in [0.1, 0.15) is 32.3 Å². The molecule has 1 heterocycles. The molecule has 0 saturated carbocycles. The Morgan fingerprint density at radius 3 is 2.88 bits per heavy atom. The van der Waals surface area contributed by atoms with Gasteiger partial charge in [-0.15, -0.1) is 0 Å². The maximum Gasteiger partial charge on any atom is 0.310 e. The number of anilines is 1. The number of benzene rings is 1. The predicted molar refractivity (Wildman–Crippen MR) is 90.2 cm³/mol. The second kappa shape index (κ2) is 8.24. The van der Waals surface area contributed by atoms with E-state index in [0.717, 1.165) is 24.9 Å². The lowest BCUT2D eigenvalue weighted by atomic mass is 9.97. The van der Waals surface area contributed by atoms with Crippen LogP contribution in [-0.4, -0.2) is 42.5 Å². The van der Waals surface area contributed by atoms with Gasteiger partial charge in [0.2, 0.25) is 5.91 Å². The zero-order valence-corrected chi connectivity index (χ0v) is 14.5. The van der Waals surface area contributed by atoms with Crippen LogP contribution in [0.25, 0.3) is 0 Å². The molecule has 0 bridgehead atoms. The number of halogens is 1. The lowest BCUT2D eigenvalue weighted by molar-refractivity contribution is -0.150. The number of esters is 1. The van der Waals surface area contributed by atoms with Crippen molar-refractivity contribution in [1.29, 1.82) is 0 Å². The summed E-state index contributed by atoms with van der Waals surface area (Å²) in [6, 6.07) is 4.26. The van der Waals surface area contributed by atoms with Crippen LogP contribution in [0.3, 0.4) is 0 Å². The highest BCUT2D eigenvalue weighted by Gasteiger charge is 2.31. The predicted octanol–water partition coefficient (Wildman–Crippen LogP) is 2.74. The number of likely N-dealkylation sites (tertiary alicyclic amines) is 1. The zero-order valence-electron chi connectivity index (χ0n) is 14.5. The van der Waals surface area contributed by atoms with Crippen LogP contribution in [0.5, 0.6) is 0 Å². The second-order valence-corrected chi connectivity index (χ2v) is 6.23. The number of carbonyl (C=O) groups is 2. The fourth-order valence-corrected chi connectivity index (χ4v) is 2.94. The van der Waals surface area contributed by atoms with E-state index in [1.54, 1.807) is 32.9 Å². The van der Waals surface area contributed by atoms with Crippen molar-refractivity contribution in [3.05, 3.63) is 29.6 Å². The molecule has 2 rings (SSSR count). The Morgan fingerprint density at radius 2 is 2.21 bits per heavy atom. The van der Waals surface area contributed by atoms with Crippen molar-refractivity contribution in [2.75, 3.05) is 25.0 Å². The third kappa shape index (κ3) is 4.54. The van der Waals surface area contributed by atoms with Gasteiger partial charge in [0.15, 0.2) is 0 Å². The summed E-state index contributed by atoms with van der Waals surface area (Å²) >= 11 is 0. The van der Waals surface area contributed by atoms with Gasteiger partial charge >= 0.3 is 5.97 Å². The first kappa shape index (κ1) is 18.4. The molecular weight excluding hydrogens is 311 g/mol. The first-order chi connectivity index (χ1) is 11.4. The van der Waals surface area contributed by atoms with Crippen LogP contribution >= 0.6 is 0 Å². The quantitative estimate of drug-likeness (QED) is 0.840. The SMILES string of the molecule is CCOC(=O)C1CCCN(C(C)C(=O)Nc2ccc(C)cc2F)C1. The summed E-state index contributed by atoms with van der Waals surface area (Å²) in [6.07, 6.45) is 1.61. The molecule has 1 aromatic carbocycles. The van der Waals surface area contributed by atoms with Crippen LogP contribution in [0.2, 0.25) is 0 Å². The Kier molecular flexibility index (Phi) is 6.31. The van der Waals surface area contributed by atoms with Crippen LogP contribution in [-0.2, 0) is 14.3 Å². The highest BCUT2D eigenvalue weighted by Crippen LogP contribution is 2.21. The molecule has 0 aromatic heterocycles. The molecule has 1 amide bonds. The summed E-state index contributed by atoms with van der Waals surface area (Å²) in [5, 5.41) is 2.63. The molecule has 24 heavy (non-hydrogen) atoms. The summed E-state index contributed by atoms with van der Waals surface area (Å²) in [7, 11) is 0. The Hall–Kier alpha value is -1.95. The minimum absolute atomic E-state index is 0.177. The van der Waals surface area contributed by atoms with Gasteiger partial charge in [-0.25, -0.2) is 4.39 Å². The lowest BCUT2D eigenvalue weighted by Crippen LogP contribution is -2.48. The summed E-state index contributed by atoms with van der Waals surface area (Å²) in [5.41, 5.74) is 0.975. The molecule has 2 atom stereocenters. The van der Waals surface area contributed by atoms with Gasteiger partial charge in [-0.3, -0.25) is 14.5 Å². The number of ether oxygens (including phenoxy) is 1. The second-order valence-electron chi connectivity index (χ2n) is 6.23. The summed E-state index contributed by atoms with van der Waals surface area (Å²) < 4.78 is 19.0. The Labute approximate surface area is 142 Å². The van der Waals surface area contributed by atoms with Crippen LogP contribution < -0.4 is 5.32 Å². The third-order valence-corrected chi connectivity index (χ3v) is 4.38. The van der Waals surface area contributed by atoms with Gasteiger partial charge in [-0.05, 0) is 57.9 Å². The first-order valence-corrected chi connectivity index (χ1v) is 8.40. The molecule has 1 aliphatic rings. The monoisotopic (exact) mass is 336 g/mol. The number of carbonyl (C=O) groups excluding carboxylic acids is 2. The maximum atomic E-state index is 13.9. The van der Waals surface area contributed by atoms with Gasteiger partial charge in [-0.1, -0.05) is 6.07 Å². The van der Waals surface area contributed by atoms with Crippen molar-refractivity contribution in [2.45, 2.75) is 39.7 Å². The van der Waals surface area contributed by atoms with Gasteiger partial charge in [0.05, 0.1) is 24.3 Å². The van der Waals surface area contributed by atoms with Gasteiger partial charge < -0.3 is 10.1 Å². The summed E-state index contributed by atoms with van der Waals surface area (Å²) in [6.45, 7) is 6.93. The number of hydrogen-bond acceptors (Lipinski definition) is 4. The van der Waals surface area contributed by atoms with Crippen LogP contribution in [0, 0.1) is 18.7 Å². The highest BCUT2D eigenvalue weighted by molar-refractivity contribution is 5.94. The molecule has 1 N–H and O–H groups in total. The maximum absolute atomic E-state index is 13.9. The average Bonchev–Trinajstić information content (AvgIpc) is 2.57. The minimum Gasteiger partial charge on any atom is -0.466 e. The molecule has 2 unspecified atom stereocenters. The molecule has 1 saturated heterocycles. The first-order valence-electron chi connectivity index (χ1n) is 8.40. The molecule has 0 aliphatic carbocycles. The molecule has 1 aliphatic heterocycles. The standard InChI is InChI=1S/C18H25FN2O3/c1-4-24-18(23)14-6-5-9-21(11-14)13(3)17(22)20-16-8-7-12(2)10-15(16)19/h7-8,10,13-14H,4-6,9,11H2,1-3H3,(H,20,22). The Morgan fingerprint density at radius 1 is 1.46 bits per heavy atom. The summed E-state index contributed by atoms with van der Waals surface area (Å²) in [4.78, 5) is 26.3. The minimum atomic E-state index is -0.446. The number of nitrogens with zero attached hydrogens (tertiary/aromatic N) is 1. The van der Waals surface area contributed by atoms with Crippen molar-refractivity contribution >= 4 is 17.6 Å². The van der Waals surface area contributed by atoms with Crippen molar-refractivity contribution in [2.24, 2.45) is 5.92 Å². The topological polar surface area (TPSA) is 58.6 Å². The van der Waals surface area contributed by atoms with Crippen molar-refractivity contribution in [3.63, 3.8) is 0 Å². The molecule has 5 nitrogen and oxygen atoms in total. The fourth-order valence-electron chi connectivity index (χ4n) is 2.94. The van der Waals surface area contributed by atoms with E-state index in [0.29, 0.717) is 13.2 Å². The van der Waals surface area contributed by atoms with E-state index in [1.807, 2.05) is 4.90 Å². The number of aryl methyl sites for hydroxylation is 1. The van der Waals surface area contributed by atoms with Crippen LogP contribution in [0.4, 0.5) is 10.1 Å². The van der Waals surface area contributed by atoms with Gasteiger partial charge in [0, 0.05) is 6.54 Å². The van der Waals surface area contributed by atoms with Crippen molar-refractivity contribution < 1.29 is 18.7 Å². The smallest absolute Gasteiger partial charge is 0.310 e. The third-order valence-electron chi connectivity index (χ3n) is 4.38. The van der Waals surface area contributed by atoms with E-state index in [-0.39, 0.29) is 23.5 Å². The van der Waals surface area contributed by atoms with E-state index in [9.17, 15) is 14.0 Å².